The van der Waals surface area contributed by atoms with E-state index in [1.54, 1.807) is 0 Å². The van der Waals surface area contributed by atoms with Crippen LogP contribution in [0.4, 0.5) is 0 Å². The van der Waals surface area contributed by atoms with Crippen molar-refractivity contribution in [3.63, 3.8) is 0 Å². The summed E-state index contributed by atoms with van der Waals surface area (Å²) in [6.07, 6.45) is 7.62. The van der Waals surface area contributed by atoms with Crippen LogP contribution in [0, 0.1) is 17.3 Å². The second kappa shape index (κ2) is 3.69. The predicted octanol–water partition coefficient (Wildman–Crippen LogP) is 3.14. The molecule has 2 rings (SSSR count). The first-order valence-electron chi connectivity index (χ1n) is 5.94. The first kappa shape index (κ1) is 10.2. The lowest BCUT2D eigenvalue weighted by Gasteiger charge is -2.48. The van der Waals surface area contributed by atoms with Crippen LogP contribution >= 0.6 is 0 Å². The van der Waals surface area contributed by atoms with Crippen molar-refractivity contribution in [3.8, 4) is 0 Å². The van der Waals surface area contributed by atoms with Crippen molar-refractivity contribution in [2.24, 2.45) is 17.3 Å². The van der Waals surface area contributed by atoms with Gasteiger partial charge in [-0.1, -0.05) is 19.1 Å². The minimum Gasteiger partial charge on any atom is -0.396 e. The molecule has 14 heavy (non-hydrogen) atoms. The van der Waals surface area contributed by atoms with E-state index < -0.39 is 0 Å². The van der Waals surface area contributed by atoms with Crippen LogP contribution in [-0.2, 0) is 0 Å². The summed E-state index contributed by atoms with van der Waals surface area (Å²) in [7, 11) is 0. The third-order valence-electron chi connectivity index (χ3n) is 4.53. The van der Waals surface area contributed by atoms with Crippen LogP contribution in [0.2, 0.25) is 0 Å². The van der Waals surface area contributed by atoms with Gasteiger partial charge in [0.2, 0.25) is 0 Å². The van der Waals surface area contributed by atoms with Crippen LogP contribution in [0.1, 0.15) is 45.4 Å². The smallest absolute Gasteiger partial charge is 0.0459 e. The Morgan fingerprint density at radius 1 is 1.50 bits per heavy atom. The largest absolute Gasteiger partial charge is 0.396 e. The highest BCUT2D eigenvalue weighted by Gasteiger charge is 2.42. The Morgan fingerprint density at radius 2 is 2.29 bits per heavy atom. The highest BCUT2D eigenvalue weighted by atomic mass is 16.3. The summed E-state index contributed by atoms with van der Waals surface area (Å²) < 4.78 is 0. The highest BCUT2D eigenvalue weighted by Crippen LogP contribution is 2.53. The molecule has 0 saturated heterocycles. The quantitative estimate of drug-likeness (QED) is 0.636. The van der Waals surface area contributed by atoms with Gasteiger partial charge in [0.1, 0.15) is 0 Å². The Kier molecular flexibility index (Phi) is 2.70. The van der Waals surface area contributed by atoms with Gasteiger partial charge in [-0.2, -0.15) is 0 Å². The van der Waals surface area contributed by atoms with Crippen molar-refractivity contribution in [2.45, 2.75) is 45.4 Å². The minimum atomic E-state index is 0.375. The van der Waals surface area contributed by atoms with Crippen LogP contribution in [0.3, 0.4) is 0 Å². The average Bonchev–Trinajstić information content (AvgIpc) is 2.17. The predicted molar refractivity (Wildman–Crippen MR) is 59.0 cm³/mol. The third-order valence-corrected chi connectivity index (χ3v) is 4.53. The van der Waals surface area contributed by atoms with Crippen LogP contribution in [0.15, 0.2) is 12.2 Å². The zero-order valence-electron chi connectivity index (χ0n) is 9.26. The SMILES string of the molecule is C=C1CCCC2(C)CCC(CO)CC12. The zero-order valence-corrected chi connectivity index (χ0v) is 9.26. The summed E-state index contributed by atoms with van der Waals surface area (Å²) in [4.78, 5) is 0. The van der Waals surface area contributed by atoms with E-state index in [-0.39, 0.29) is 0 Å². The van der Waals surface area contributed by atoms with Gasteiger partial charge in [-0.3, -0.25) is 0 Å². The van der Waals surface area contributed by atoms with Gasteiger partial charge in [0.25, 0.3) is 0 Å². The number of allylic oxidation sites excluding steroid dienone is 1. The fourth-order valence-electron chi connectivity index (χ4n) is 3.46. The van der Waals surface area contributed by atoms with E-state index >= 15 is 0 Å². The van der Waals surface area contributed by atoms with Crippen LogP contribution in [-0.4, -0.2) is 11.7 Å². The van der Waals surface area contributed by atoms with Crippen molar-refractivity contribution in [1.82, 2.24) is 0 Å². The molecule has 0 heterocycles. The molecule has 2 fully saturated rings. The van der Waals surface area contributed by atoms with Crippen molar-refractivity contribution in [2.75, 3.05) is 6.61 Å². The molecule has 0 amide bonds. The molecule has 0 radical (unpaired) electrons. The molecule has 2 aliphatic carbocycles. The molecule has 0 bridgehead atoms. The summed E-state index contributed by atoms with van der Waals surface area (Å²) in [5.41, 5.74) is 1.97. The van der Waals surface area contributed by atoms with Gasteiger partial charge in [0.05, 0.1) is 0 Å². The standard InChI is InChI=1S/C13H22O/c1-10-4-3-6-13(2)7-5-11(9-14)8-12(10)13/h11-12,14H,1,3-9H2,2H3. The Labute approximate surface area is 87.2 Å². The zero-order chi connectivity index (χ0) is 10.2. The second-order valence-electron chi connectivity index (χ2n) is 5.54. The normalized spacial score (nSPS) is 43.4. The van der Waals surface area contributed by atoms with Crippen molar-refractivity contribution in [3.05, 3.63) is 12.2 Å². The minimum absolute atomic E-state index is 0.375. The molecule has 3 atom stereocenters. The molecule has 0 aromatic rings. The molecule has 0 aromatic heterocycles. The van der Waals surface area contributed by atoms with Gasteiger partial charge in [0.15, 0.2) is 0 Å². The summed E-state index contributed by atoms with van der Waals surface area (Å²) >= 11 is 0. The maximum absolute atomic E-state index is 9.22. The summed E-state index contributed by atoms with van der Waals surface area (Å²) in [5, 5.41) is 9.22. The maximum Gasteiger partial charge on any atom is 0.0459 e. The molecule has 0 aliphatic heterocycles. The molecule has 3 unspecified atom stereocenters. The van der Waals surface area contributed by atoms with E-state index in [0.717, 1.165) is 0 Å². The van der Waals surface area contributed by atoms with Crippen molar-refractivity contribution < 1.29 is 5.11 Å². The Bertz CT molecular complexity index is 233. The lowest BCUT2D eigenvalue weighted by Crippen LogP contribution is -2.38. The molecule has 2 saturated carbocycles. The summed E-state index contributed by atoms with van der Waals surface area (Å²) in [6, 6.07) is 0. The fourth-order valence-corrected chi connectivity index (χ4v) is 3.46. The molecule has 1 nitrogen and oxygen atoms in total. The molecule has 1 N–H and O–H groups in total. The highest BCUT2D eigenvalue weighted by molar-refractivity contribution is 5.12. The number of hydrogen-bond acceptors (Lipinski definition) is 1. The number of fused-ring (bicyclic) bond motifs is 1. The van der Waals surface area contributed by atoms with E-state index in [1.165, 1.54) is 44.1 Å². The number of aliphatic hydroxyl groups is 1. The molecular formula is C13H22O. The van der Waals surface area contributed by atoms with Crippen LogP contribution in [0.5, 0.6) is 0 Å². The molecule has 1 heteroatoms. The topological polar surface area (TPSA) is 20.2 Å². The molecular weight excluding hydrogens is 172 g/mol. The van der Waals surface area contributed by atoms with E-state index in [1.807, 2.05) is 0 Å². The van der Waals surface area contributed by atoms with Gasteiger partial charge >= 0.3 is 0 Å². The molecule has 0 spiro atoms. The molecule has 2 aliphatic rings. The maximum atomic E-state index is 9.22. The van der Waals surface area contributed by atoms with Gasteiger partial charge in [-0.15, -0.1) is 0 Å². The van der Waals surface area contributed by atoms with Crippen molar-refractivity contribution in [1.29, 1.82) is 0 Å². The summed E-state index contributed by atoms with van der Waals surface area (Å²) in [6.45, 7) is 7.03. The fraction of sp³-hybridized carbons (Fsp3) is 0.846. The van der Waals surface area contributed by atoms with Gasteiger partial charge < -0.3 is 5.11 Å². The first-order chi connectivity index (χ1) is 6.65. The first-order valence-corrected chi connectivity index (χ1v) is 5.94. The Morgan fingerprint density at radius 3 is 3.00 bits per heavy atom. The third kappa shape index (κ3) is 1.63. The Balaban J connectivity index is 2.13. The lowest BCUT2D eigenvalue weighted by atomic mass is 9.57. The van der Waals surface area contributed by atoms with E-state index in [0.29, 0.717) is 23.9 Å². The molecule has 0 aromatic carbocycles. The van der Waals surface area contributed by atoms with E-state index in [2.05, 4.69) is 13.5 Å². The second-order valence-corrected chi connectivity index (χ2v) is 5.54. The van der Waals surface area contributed by atoms with Crippen molar-refractivity contribution >= 4 is 0 Å². The molecule has 80 valence electrons. The van der Waals surface area contributed by atoms with Crippen LogP contribution in [0.25, 0.3) is 0 Å². The monoisotopic (exact) mass is 194 g/mol. The van der Waals surface area contributed by atoms with Gasteiger partial charge in [-0.25, -0.2) is 0 Å². The average molecular weight is 194 g/mol. The lowest BCUT2D eigenvalue weighted by molar-refractivity contribution is 0.0508. The van der Waals surface area contributed by atoms with E-state index in [4.69, 9.17) is 0 Å². The number of aliphatic hydroxyl groups excluding tert-OH is 1. The number of rotatable bonds is 1. The Hall–Kier alpha value is -0.300. The van der Waals surface area contributed by atoms with Gasteiger partial charge in [-0.05, 0) is 55.8 Å². The van der Waals surface area contributed by atoms with E-state index in [9.17, 15) is 5.11 Å². The summed E-state index contributed by atoms with van der Waals surface area (Å²) in [5.74, 6) is 1.24. The van der Waals surface area contributed by atoms with Gasteiger partial charge in [0, 0.05) is 6.61 Å². The number of hydrogen-bond donors (Lipinski definition) is 1. The van der Waals surface area contributed by atoms with Crippen LogP contribution < -0.4 is 0 Å².